The number of nitrogen functional groups attached to an aromatic ring is 1. The highest BCUT2D eigenvalue weighted by atomic mass is 16.5. The Balaban J connectivity index is 2.71. The van der Waals surface area contributed by atoms with Crippen molar-refractivity contribution in [1.82, 2.24) is 0 Å². The fraction of sp³-hybridized carbons (Fsp3) is 0.250. The van der Waals surface area contributed by atoms with Gasteiger partial charge in [0.1, 0.15) is 5.75 Å². The van der Waals surface area contributed by atoms with Crippen LogP contribution in [0.5, 0.6) is 5.75 Å². The molecule has 0 aliphatic heterocycles. The first-order chi connectivity index (χ1) is 7.67. The molecule has 0 atom stereocenters. The summed E-state index contributed by atoms with van der Waals surface area (Å²) in [5.41, 5.74) is 6.83. The maximum Gasteiger partial charge on any atom is 0.224 e. The van der Waals surface area contributed by atoms with Gasteiger partial charge in [-0.2, -0.15) is 0 Å². The Hall–Kier alpha value is -1.97. The highest BCUT2D eigenvalue weighted by Gasteiger charge is 2.05. The standard InChI is InChI=1S/C12H16N2O2/c1-3-4-5-12(15)14-11-8-9(16-2)6-7-10(11)13/h3,6-8H,1,4-5,13H2,2H3,(H,14,15). The number of benzene rings is 1. The fourth-order valence-corrected chi connectivity index (χ4v) is 1.22. The van der Waals surface area contributed by atoms with E-state index in [4.69, 9.17) is 10.5 Å². The Kier molecular flexibility index (Phi) is 4.39. The van der Waals surface area contributed by atoms with Crippen LogP contribution in [-0.4, -0.2) is 13.0 Å². The first-order valence-electron chi connectivity index (χ1n) is 5.01. The van der Waals surface area contributed by atoms with Gasteiger partial charge in [-0.25, -0.2) is 0 Å². The van der Waals surface area contributed by atoms with Gasteiger partial charge in [-0.3, -0.25) is 4.79 Å². The molecule has 0 saturated heterocycles. The number of rotatable bonds is 5. The number of hydrogen-bond donors (Lipinski definition) is 2. The zero-order chi connectivity index (χ0) is 12.0. The zero-order valence-corrected chi connectivity index (χ0v) is 9.32. The van der Waals surface area contributed by atoms with Gasteiger partial charge in [-0.1, -0.05) is 6.08 Å². The molecule has 0 radical (unpaired) electrons. The molecule has 4 heteroatoms. The summed E-state index contributed by atoms with van der Waals surface area (Å²) in [6.45, 7) is 3.56. The average molecular weight is 220 g/mol. The van der Waals surface area contributed by atoms with Crippen molar-refractivity contribution in [1.29, 1.82) is 0 Å². The summed E-state index contributed by atoms with van der Waals surface area (Å²) in [7, 11) is 1.56. The lowest BCUT2D eigenvalue weighted by molar-refractivity contribution is -0.116. The van der Waals surface area contributed by atoms with Gasteiger partial charge >= 0.3 is 0 Å². The monoisotopic (exact) mass is 220 g/mol. The molecule has 0 aliphatic carbocycles. The minimum atomic E-state index is -0.0835. The molecule has 0 heterocycles. The number of methoxy groups -OCH3 is 1. The fourth-order valence-electron chi connectivity index (χ4n) is 1.22. The number of ether oxygens (including phenoxy) is 1. The van der Waals surface area contributed by atoms with Gasteiger partial charge in [0.15, 0.2) is 0 Å². The number of hydrogen-bond acceptors (Lipinski definition) is 3. The van der Waals surface area contributed by atoms with Crippen molar-refractivity contribution >= 4 is 17.3 Å². The van der Waals surface area contributed by atoms with Crippen LogP contribution in [0.15, 0.2) is 30.9 Å². The van der Waals surface area contributed by atoms with E-state index in [-0.39, 0.29) is 5.91 Å². The molecule has 0 aromatic heterocycles. The van der Waals surface area contributed by atoms with E-state index in [0.717, 1.165) is 0 Å². The molecule has 0 unspecified atom stereocenters. The average Bonchev–Trinajstić information content (AvgIpc) is 2.29. The van der Waals surface area contributed by atoms with Crippen molar-refractivity contribution in [2.45, 2.75) is 12.8 Å². The first-order valence-corrected chi connectivity index (χ1v) is 5.01. The van der Waals surface area contributed by atoms with Crippen molar-refractivity contribution in [2.24, 2.45) is 0 Å². The summed E-state index contributed by atoms with van der Waals surface area (Å²) in [5, 5.41) is 2.73. The molecule has 0 bridgehead atoms. The molecule has 0 spiro atoms. The Bertz CT molecular complexity index is 389. The Morgan fingerprint density at radius 2 is 2.38 bits per heavy atom. The molecule has 86 valence electrons. The summed E-state index contributed by atoms with van der Waals surface area (Å²) < 4.78 is 5.05. The molecular weight excluding hydrogens is 204 g/mol. The van der Waals surface area contributed by atoms with Gasteiger partial charge in [-0.15, -0.1) is 6.58 Å². The van der Waals surface area contributed by atoms with Crippen LogP contribution < -0.4 is 15.8 Å². The number of carbonyl (C=O) groups excluding carboxylic acids is 1. The normalized spacial score (nSPS) is 9.56. The number of anilines is 2. The number of allylic oxidation sites excluding steroid dienone is 1. The van der Waals surface area contributed by atoms with E-state index in [1.54, 1.807) is 31.4 Å². The minimum absolute atomic E-state index is 0.0835. The van der Waals surface area contributed by atoms with Crippen molar-refractivity contribution < 1.29 is 9.53 Å². The molecule has 1 amide bonds. The predicted molar refractivity (Wildman–Crippen MR) is 65.5 cm³/mol. The smallest absolute Gasteiger partial charge is 0.224 e. The van der Waals surface area contributed by atoms with Crippen LogP contribution >= 0.6 is 0 Å². The number of amides is 1. The maximum absolute atomic E-state index is 11.5. The first kappa shape index (κ1) is 12.1. The lowest BCUT2D eigenvalue weighted by Crippen LogP contribution is -2.12. The Labute approximate surface area is 95.1 Å². The SMILES string of the molecule is C=CCCC(=O)Nc1cc(OC)ccc1N. The molecule has 1 rings (SSSR count). The maximum atomic E-state index is 11.5. The topological polar surface area (TPSA) is 64.3 Å². The van der Waals surface area contributed by atoms with Crippen LogP contribution in [0.1, 0.15) is 12.8 Å². The second kappa shape index (κ2) is 5.80. The molecule has 1 aromatic carbocycles. The van der Waals surface area contributed by atoms with E-state index >= 15 is 0 Å². The Morgan fingerprint density at radius 1 is 1.62 bits per heavy atom. The number of nitrogens with two attached hydrogens (primary N) is 1. The van der Waals surface area contributed by atoms with E-state index in [2.05, 4.69) is 11.9 Å². The van der Waals surface area contributed by atoms with Crippen LogP contribution in [0, 0.1) is 0 Å². The third kappa shape index (κ3) is 3.31. The van der Waals surface area contributed by atoms with Crippen LogP contribution in [0.4, 0.5) is 11.4 Å². The highest BCUT2D eigenvalue weighted by Crippen LogP contribution is 2.24. The Morgan fingerprint density at radius 3 is 3.00 bits per heavy atom. The molecule has 1 aromatic rings. The van der Waals surface area contributed by atoms with Crippen molar-refractivity contribution in [3.05, 3.63) is 30.9 Å². The van der Waals surface area contributed by atoms with E-state index < -0.39 is 0 Å². The number of nitrogens with one attached hydrogen (secondary N) is 1. The lowest BCUT2D eigenvalue weighted by atomic mass is 10.2. The minimum Gasteiger partial charge on any atom is -0.497 e. The van der Waals surface area contributed by atoms with Crippen molar-refractivity contribution in [3.63, 3.8) is 0 Å². The van der Waals surface area contributed by atoms with Gasteiger partial charge in [0.05, 0.1) is 18.5 Å². The van der Waals surface area contributed by atoms with E-state index in [1.165, 1.54) is 0 Å². The zero-order valence-electron chi connectivity index (χ0n) is 9.32. The second-order valence-corrected chi connectivity index (χ2v) is 3.33. The summed E-state index contributed by atoms with van der Waals surface area (Å²) in [4.78, 5) is 11.5. The number of carbonyl (C=O) groups is 1. The molecule has 0 fully saturated rings. The van der Waals surface area contributed by atoms with Crippen molar-refractivity contribution in [3.8, 4) is 5.75 Å². The van der Waals surface area contributed by atoms with Gasteiger partial charge in [0.25, 0.3) is 0 Å². The van der Waals surface area contributed by atoms with Crippen LogP contribution in [-0.2, 0) is 4.79 Å². The van der Waals surface area contributed by atoms with Gasteiger partial charge in [0, 0.05) is 12.5 Å². The second-order valence-electron chi connectivity index (χ2n) is 3.33. The van der Waals surface area contributed by atoms with Crippen LogP contribution in [0.25, 0.3) is 0 Å². The van der Waals surface area contributed by atoms with Gasteiger partial charge < -0.3 is 15.8 Å². The quantitative estimate of drug-likeness (QED) is 0.590. The van der Waals surface area contributed by atoms with E-state index in [0.29, 0.717) is 30.0 Å². The van der Waals surface area contributed by atoms with Crippen LogP contribution in [0.2, 0.25) is 0 Å². The summed E-state index contributed by atoms with van der Waals surface area (Å²) in [6, 6.07) is 5.14. The van der Waals surface area contributed by atoms with E-state index in [9.17, 15) is 4.79 Å². The van der Waals surface area contributed by atoms with Gasteiger partial charge in [-0.05, 0) is 18.6 Å². The summed E-state index contributed by atoms with van der Waals surface area (Å²) >= 11 is 0. The molecular formula is C12H16N2O2. The largest absolute Gasteiger partial charge is 0.497 e. The highest BCUT2D eigenvalue weighted by molar-refractivity contribution is 5.94. The third-order valence-corrected chi connectivity index (χ3v) is 2.11. The predicted octanol–water partition coefficient (Wildman–Crippen LogP) is 2.18. The van der Waals surface area contributed by atoms with E-state index in [1.807, 2.05) is 0 Å². The van der Waals surface area contributed by atoms with Crippen molar-refractivity contribution in [2.75, 3.05) is 18.2 Å². The molecule has 3 N–H and O–H groups in total. The molecule has 16 heavy (non-hydrogen) atoms. The molecule has 0 aliphatic rings. The summed E-state index contributed by atoms with van der Waals surface area (Å²) in [6.07, 6.45) is 2.75. The van der Waals surface area contributed by atoms with Crippen LogP contribution in [0.3, 0.4) is 0 Å². The van der Waals surface area contributed by atoms with Gasteiger partial charge in [0.2, 0.25) is 5.91 Å². The summed E-state index contributed by atoms with van der Waals surface area (Å²) in [5.74, 6) is 0.577. The molecule has 0 saturated carbocycles. The lowest BCUT2D eigenvalue weighted by Gasteiger charge is -2.09. The third-order valence-electron chi connectivity index (χ3n) is 2.11. The molecule has 4 nitrogen and oxygen atoms in total.